The molecule has 0 aliphatic heterocycles. The molecule has 2 aliphatic rings. The third kappa shape index (κ3) is 0.939. The van der Waals surface area contributed by atoms with Crippen LogP contribution in [0.3, 0.4) is 0 Å². The Bertz CT molecular complexity index is 402. The Morgan fingerprint density at radius 1 is 1.14 bits per heavy atom. The minimum atomic E-state index is -0.695. The maximum atomic E-state index is 10.7. The van der Waals surface area contributed by atoms with E-state index >= 15 is 0 Å². The van der Waals surface area contributed by atoms with Crippen LogP contribution in [-0.4, -0.2) is 11.1 Å². The fourth-order valence-corrected chi connectivity index (χ4v) is 2.55. The molecule has 1 aromatic carbocycles. The van der Waals surface area contributed by atoms with Gasteiger partial charge in [0.05, 0.1) is 6.42 Å². The molecule has 2 aliphatic carbocycles. The van der Waals surface area contributed by atoms with Crippen molar-refractivity contribution in [3.8, 4) is 0 Å². The van der Waals surface area contributed by atoms with Crippen molar-refractivity contribution in [2.75, 3.05) is 0 Å². The monoisotopic (exact) mass is 188 g/mol. The second kappa shape index (κ2) is 2.59. The van der Waals surface area contributed by atoms with Crippen molar-refractivity contribution in [2.45, 2.75) is 32.1 Å². The number of carboxylic acids is 1. The molecule has 0 heterocycles. The summed E-state index contributed by atoms with van der Waals surface area (Å²) < 4.78 is 0. The lowest BCUT2D eigenvalue weighted by Gasteiger charge is -2.31. The standard InChI is InChI=1S/C12H12O2/c13-12(14)6-11-9-3-1-7(9)5-8-2-4-10(8)11/h5H,1-4,6H2,(H,13,14). The number of fused-ring (bicyclic) bond motifs is 2. The zero-order valence-corrected chi connectivity index (χ0v) is 7.97. The average Bonchev–Trinajstić information content (AvgIpc) is 1.97. The quantitative estimate of drug-likeness (QED) is 0.763. The summed E-state index contributed by atoms with van der Waals surface area (Å²) in [5.41, 5.74) is 6.62. The van der Waals surface area contributed by atoms with E-state index in [0.29, 0.717) is 0 Å². The van der Waals surface area contributed by atoms with Crippen LogP contribution < -0.4 is 0 Å². The fraction of sp³-hybridized carbons (Fsp3) is 0.417. The van der Waals surface area contributed by atoms with Crippen LogP contribution in [0.15, 0.2) is 6.07 Å². The van der Waals surface area contributed by atoms with Crippen LogP contribution in [-0.2, 0) is 36.9 Å². The van der Waals surface area contributed by atoms with Gasteiger partial charge in [-0.1, -0.05) is 6.07 Å². The smallest absolute Gasteiger partial charge is 0.307 e. The van der Waals surface area contributed by atoms with Crippen molar-refractivity contribution >= 4 is 5.97 Å². The molecule has 0 radical (unpaired) electrons. The largest absolute Gasteiger partial charge is 0.481 e. The number of hydrogen-bond donors (Lipinski definition) is 1. The van der Waals surface area contributed by atoms with E-state index in [0.717, 1.165) is 31.2 Å². The van der Waals surface area contributed by atoms with E-state index in [4.69, 9.17) is 5.11 Å². The molecular formula is C12H12O2. The van der Waals surface area contributed by atoms with Crippen LogP contribution in [0.1, 0.15) is 27.8 Å². The van der Waals surface area contributed by atoms with E-state index in [9.17, 15) is 4.79 Å². The summed E-state index contributed by atoms with van der Waals surface area (Å²) in [5, 5.41) is 8.85. The number of aliphatic carboxylic acids is 1. The normalized spacial score (nSPS) is 16.3. The third-order valence-electron chi connectivity index (χ3n) is 3.47. The number of carboxylic acid groups (broad SMARTS) is 1. The predicted molar refractivity (Wildman–Crippen MR) is 52.6 cm³/mol. The van der Waals surface area contributed by atoms with Crippen molar-refractivity contribution in [2.24, 2.45) is 0 Å². The van der Waals surface area contributed by atoms with Crippen LogP contribution in [0.25, 0.3) is 0 Å². The first-order valence-corrected chi connectivity index (χ1v) is 5.13. The Kier molecular flexibility index (Phi) is 1.49. The van der Waals surface area contributed by atoms with Crippen LogP contribution >= 0.6 is 0 Å². The van der Waals surface area contributed by atoms with Gasteiger partial charge < -0.3 is 5.11 Å². The number of rotatable bonds is 2. The average molecular weight is 188 g/mol. The molecule has 0 amide bonds. The fourth-order valence-electron chi connectivity index (χ4n) is 2.55. The van der Waals surface area contributed by atoms with Crippen LogP contribution in [0.4, 0.5) is 0 Å². The van der Waals surface area contributed by atoms with Crippen LogP contribution in [0.5, 0.6) is 0 Å². The second-order valence-corrected chi connectivity index (χ2v) is 4.20. The topological polar surface area (TPSA) is 37.3 Å². The Labute approximate surface area is 82.6 Å². The third-order valence-corrected chi connectivity index (χ3v) is 3.47. The molecular weight excluding hydrogens is 176 g/mol. The number of carbonyl (C=O) groups is 1. The molecule has 0 atom stereocenters. The van der Waals surface area contributed by atoms with Gasteiger partial charge in [-0.3, -0.25) is 4.79 Å². The van der Waals surface area contributed by atoms with Crippen LogP contribution in [0.2, 0.25) is 0 Å². The SMILES string of the molecule is O=C(O)Cc1c2c(cc3c1CC3)CC2. The Morgan fingerprint density at radius 2 is 1.71 bits per heavy atom. The van der Waals surface area contributed by atoms with Crippen molar-refractivity contribution in [1.82, 2.24) is 0 Å². The molecule has 0 bridgehead atoms. The summed E-state index contributed by atoms with van der Waals surface area (Å²) in [6, 6.07) is 2.28. The number of hydrogen-bond acceptors (Lipinski definition) is 1. The first-order valence-electron chi connectivity index (χ1n) is 5.13. The Hall–Kier alpha value is -1.31. The molecule has 14 heavy (non-hydrogen) atoms. The van der Waals surface area contributed by atoms with Crippen molar-refractivity contribution in [3.05, 3.63) is 33.9 Å². The maximum Gasteiger partial charge on any atom is 0.307 e. The summed E-state index contributed by atoms with van der Waals surface area (Å²) in [6.07, 6.45) is 4.70. The Morgan fingerprint density at radius 3 is 2.07 bits per heavy atom. The van der Waals surface area contributed by atoms with Crippen molar-refractivity contribution in [1.29, 1.82) is 0 Å². The van der Waals surface area contributed by atoms with Gasteiger partial charge in [-0.25, -0.2) is 0 Å². The minimum Gasteiger partial charge on any atom is -0.481 e. The van der Waals surface area contributed by atoms with E-state index in [1.807, 2.05) is 0 Å². The van der Waals surface area contributed by atoms with E-state index in [1.54, 1.807) is 0 Å². The second-order valence-electron chi connectivity index (χ2n) is 4.20. The van der Waals surface area contributed by atoms with E-state index in [1.165, 1.54) is 22.3 Å². The molecule has 0 fully saturated rings. The molecule has 0 saturated carbocycles. The lowest BCUT2D eigenvalue weighted by atomic mass is 9.73. The molecule has 0 aromatic heterocycles. The minimum absolute atomic E-state index is 0.228. The van der Waals surface area contributed by atoms with Gasteiger partial charge in [0, 0.05) is 0 Å². The molecule has 0 spiro atoms. The molecule has 0 unspecified atom stereocenters. The summed E-state index contributed by atoms with van der Waals surface area (Å²) in [6.45, 7) is 0. The molecule has 2 heteroatoms. The number of aryl methyl sites for hydroxylation is 2. The molecule has 3 rings (SSSR count). The summed E-state index contributed by atoms with van der Waals surface area (Å²) in [7, 11) is 0. The lowest BCUT2D eigenvalue weighted by molar-refractivity contribution is -0.136. The van der Waals surface area contributed by atoms with Gasteiger partial charge in [-0.2, -0.15) is 0 Å². The van der Waals surface area contributed by atoms with Gasteiger partial charge in [-0.15, -0.1) is 0 Å². The van der Waals surface area contributed by atoms with Gasteiger partial charge in [-0.05, 0) is 53.5 Å². The molecule has 1 N–H and O–H groups in total. The zero-order chi connectivity index (χ0) is 9.71. The maximum absolute atomic E-state index is 10.7. The number of benzene rings is 1. The van der Waals surface area contributed by atoms with E-state index < -0.39 is 5.97 Å². The highest BCUT2D eigenvalue weighted by atomic mass is 16.4. The van der Waals surface area contributed by atoms with Crippen LogP contribution in [0, 0.1) is 0 Å². The highest BCUT2D eigenvalue weighted by Gasteiger charge is 2.27. The van der Waals surface area contributed by atoms with Gasteiger partial charge in [0.15, 0.2) is 0 Å². The van der Waals surface area contributed by atoms with Gasteiger partial charge in [0.1, 0.15) is 0 Å². The van der Waals surface area contributed by atoms with Crippen molar-refractivity contribution < 1.29 is 9.90 Å². The summed E-state index contributed by atoms with van der Waals surface area (Å²) in [4.78, 5) is 10.7. The van der Waals surface area contributed by atoms with Gasteiger partial charge in [0.2, 0.25) is 0 Å². The van der Waals surface area contributed by atoms with E-state index in [-0.39, 0.29) is 6.42 Å². The predicted octanol–water partition coefficient (Wildman–Crippen LogP) is 1.51. The highest BCUT2D eigenvalue weighted by Crippen LogP contribution is 2.37. The molecule has 72 valence electrons. The summed E-state index contributed by atoms with van der Waals surface area (Å²) >= 11 is 0. The summed E-state index contributed by atoms with van der Waals surface area (Å²) in [5.74, 6) is -0.695. The molecule has 2 nitrogen and oxygen atoms in total. The van der Waals surface area contributed by atoms with Gasteiger partial charge in [0.25, 0.3) is 0 Å². The first kappa shape index (κ1) is 8.04. The van der Waals surface area contributed by atoms with E-state index in [2.05, 4.69) is 6.07 Å². The first-order chi connectivity index (χ1) is 6.75. The van der Waals surface area contributed by atoms with Gasteiger partial charge >= 0.3 is 5.97 Å². The van der Waals surface area contributed by atoms with Crippen molar-refractivity contribution in [3.63, 3.8) is 0 Å². The molecule has 0 saturated heterocycles. The zero-order valence-electron chi connectivity index (χ0n) is 7.97. The lowest BCUT2D eigenvalue weighted by Crippen LogP contribution is -2.23. The molecule has 1 aromatic rings. The highest BCUT2D eigenvalue weighted by molar-refractivity contribution is 5.73. The Balaban J connectivity index is 2.12.